The van der Waals surface area contributed by atoms with E-state index < -0.39 is 0 Å². The number of ether oxygens (including phenoxy) is 3. The molecule has 6 aliphatic rings. The number of Topliss-reactive ketones (excluding diaryl/α,β-unsaturated/α-hetero) is 1. The molecule has 0 N–H and O–H groups in total. The minimum absolute atomic E-state index is 0.111. The number of hydrogen-bond donors (Lipinski definition) is 0. The van der Waals surface area contributed by atoms with Crippen LogP contribution in [0.25, 0.3) is 0 Å². The number of rotatable bonds is 7. The number of carbonyl (C=O) groups excluding carboxylic acids is 4. The van der Waals surface area contributed by atoms with Gasteiger partial charge in [0.15, 0.2) is 0 Å². The number of hydrogen-bond acceptors (Lipinski definition) is 9. The van der Waals surface area contributed by atoms with Crippen LogP contribution in [0, 0.1) is 17.8 Å². The molecular formula is C33H52N2O9. The maximum atomic E-state index is 11.8. The predicted octanol–water partition coefficient (Wildman–Crippen LogP) is 5.60. The molecule has 0 aromatic carbocycles. The molecule has 2 amide bonds. The Kier molecular flexibility index (Phi) is 12.9. The van der Waals surface area contributed by atoms with Gasteiger partial charge >= 0.3 is 12.2 Å². The van der Waals surface area contributed by atoms with Crippen molar-refractivity contribution in [3.63, 3.8) is 0 Å². The van der Waals surface area contributed by atoms with Crippen molar-refractivity contribution in [2.75, 3.05) is 26.9 Å². The smallest absolute Gasteiger partial charge is 0.410 e. The summed E-state index contributed by atoms with van der Waals surface area (Å²) in [5.74, 6) is 1.66. The van der Waals surface area contributed by atoms with E-state index in [1.54, 1.807) is 18.9 Å². The average Bonchev–Trinajstić information content (AvgIpc) is 3.54. The van der Waals surface area contributed by atoms with Gasteiger partial charge in [-0.2, -0.15) is 0 Å². The van der Waals surface area contributed by atoms with Crippen LogP contribution in [-0.4, -0.2) is 91.3 Å². The molecule has 6 unspecified atom stereocenters. The number of carbonyl (C=O) groups is 4. The molecule has 2 aliphatic carbocycles. The van der Waals surface area contributed by atoms with E-state index in [0.717, 1.165) is 57.7 Å². The van der Waals surface area contributed by atoms with E-state index in [0.29, 0.717) is 56.6 Å². The highest BCUT2D eigenvalue weighted by Crippen LogP contribution is 2.46. The van der Waals surface area contributed by atoms with E-state index in [9.17, 15) is 19.2 Å². The second-order valence-corrected chi connectivity index (χ2v) is 12.8. The van der Waals surface area contributed by atoms with Gasteiger partial charge in [-0.3, -0.25) is 4.79 Å². The van der Waals surface area contributed by atoms with Gasteiger partial charge < -0.3 is 28.8 Å². The molecule has 4 aliphatic heterocycles. The third-order valence-electron chi connectivity index (χ3n) is 9.94. The highest BCUT2D eigenvalue weighted by molar-refractivity contribution is 5.83. The van der Waals surface area contributed by atoms with Crippen molar-refractivity contribution in [3.8, 4) is 0 Å². The Morgan fingerprint density at radius 1 is 0.750 bits per heavy atom. The monoisotopic (exact) mass is 620 g/mol. The molecule has 2 saturated carbocycles. The Morgan fingerprint density at radius 3 is 1.64 bits per heavy atom. The maximum absolute atomic E-state index is 11.8. The number of nitrogens with zero attached hydrogens (tertiary/aromatic N) is 2. The number of ketones is 1. The summed E-state index contributed by atoms with van der Waals surface area (Å²) < 4.78 is 15.1. The van der Waals surface area contributed by atoms with Gasteiger partial charge in [0.1, 0.15) is 12.1 Å². The molecule has 6 atom stereocenters. The van der Waals surface area contributed by atoms with Crippen LogP contribution in [-0.2, 0) is 33.6 Å². The normalized spacial score (nSPS) is 33.0. The number of aldehydes is 1. The Bertz CT molecular complexity index is 973. The Balaban J connectivity index is 0.000000151. The SMILES string of the molecule is CCOC(=O)N1C2CCC1CC(=COC)C2.CCOC(=O)N1C2CCC1CC(=O)C2.CCOOC1C2CCC1CC(C=O)C2. The maximum Gasteiger partial charge on any atom is 0.410 e. The lowest BCUT2D eigenvalue weighted by Gasteiger charge is -2.34. The third-order valence-corrected chi connectivity index (χ3v) is 9.94. The lowest BCUT2D eigenvalue weighted by molar-refractivity contribution is -0.339. The van der Waals surface area contributed by atoms with Gasteiger partial charge in [0.05, 0.1) is 39.3 Å². The fraction of sp³-hybridized carbons (Fsp3) is 0.818. The summed E-state index contributed by atoms with van der Waals surface area (Å²) in [6.45, 7) is 7.04. The highest BCUT2D eigenvalue weighted by Gasteiger charge is 2.45. The minimum atomic E-state index is -0.243. The summed E-state index contributed by atoms with van der Waals surface area (Å²) in [5.41, 5.74) is 1.32. The lowest BCUT2D eigenvalue weighted by Crippen LogP contribution is -2.46. The quantitative estimate of drug-likeness (QED) is 0.155. The van der Waals surface area contributed by atoms with Gasteiger partial charge in [-0.05, 0) is 102 Å². The van der Waals surface area contributed by atoms with Crippen LogP contribution in [0.4, 0.5) is 9.59 Å². The molecule has 6 bridgehead atoms. The van der Waals surface area contributed by atoms with E-state index in [-0.39, 0.29) is 42.1 Å². The standard InChI is InChI=1S/C12H19NO3.C11H18O3.C10H15NO3/c1-3-16-12(14)13-10-4-5-11(13)7-9(6-10)8-15-2;1-2-13-14-11-9-3-4-10(11)6-8(5-9)7-12;1-2-14-10(13)11-7-3-4-8(11)6-9(12)5-7/h8,10-11H,3-7H2,1-2H3;7-11H,2-6H2,1H3;7-8H,2-6H2,1H3. The Labute approximate surface area is 261 Å². The zero-order valence-electron chi connectivity index (χ0n) is 26.9. The molecule has 44 heavy (non-hydrogen) atoms. The number of piperidine rings is 2. The van der Waals surface area contributed by atoms with E-state index in [1.165, 1.54) is 18.4 Å². The molecule has 248 valence electrons. The van der Waals surface area contributed by atoms with Crippen molar-refractivity contribution in [3.05, 3.63) is 11.8 Å². The van der Waals surface area contributed by atoms with Crippen molar-refractivity contribution in [1.82, 2.24) is 9.80 Å². The van der Waals surface area contributed by atoms with Crippen molar-refractivity contribution >= 4 is 24.3 Å². The fourth-order valence-electron chi connectivity index (χ4n) is 8.21. The minimum Gasteiger partial charge on any atom is -0.504 e. The molecule has 0 radical (unpaired) electrons. The van der Waals surface area contributed by atoms with Gasteiger partial charge in [0.2, 0.25) is 0 Å². The second-order valence-electron chi connectivity index (χ2n) is 12.8. The van der Waals surface area contributed by atoms with Crippen molar-refractivity contribution in [2.24, 2.45) is 17.8 Å². The Morgan fingerprint density at radius 2 is 1.23 bits per heavy atom. The molecule has 11 heteroatoms. The molecule has 4 saturated heterocycles. The van der Waals surface area contributed by atoms with Gasteiger partial charge in [0, 0.05) is 42.9 Å². The van der Waals surface area contributed by atoms with E-state index in [2.05, 4.69) is 0 Å². The van der Waals surface area contributed by atoms with Crippen LogP contribution in [0.3, 0.4) is 0 Å². The van der Waals surface area contributed by atoms with E-state index >= 15 is 0 Å². The molecule has 0 aromatic rings. The van der Waals surface area contributed by atoms with Crippen LogP contribution in [0.1, 0.15) is 97.8 Å². The van der Waals surface area contributed by atoms with Crippen molar-refractivity contribution in [2.45, 2.75) is 128 Å². The summed E-state index contributed by atoms with van der Waals surface area (Å²) in [6, 6.07) is 0.860. The average molecular weight is 621 g/mol. The van der Waals surface area contributed by atoms with Crippen LogP contribution in [0.2, 0.25) is 0 Å². The van der Waals surface area contributed by atoms with E-state index in [4.69, 9.17) is 24.0 Å². The molecule has 6 fully saturated rings. The predicted molar refractivity (Wildman–Crippen MR) is 161 cm³/mol. The van der Waals surface area contributed by atoms with Gasteiger partial charge in [-0.1, -0.05) is 0 Å². The van der Waals surface area contributed by atoms with Gasteiger partial charge in [-0.25, -0.2) is 19.4 Å². The summed E-state index contributed by atoms with van der Waals surface area (Å²) in [6.07, 6.45) is 14.2. The zero-order valence-corrected chi connectivity index (χ0v) is 26.9. The van der Waals surface area contributed by atoms with Crippen LogP contribution in [0.15, 0.2) is 11.8 Å². The third kappa shape index (κ3) is 8.33. The summed E-state index contributed by atoms with van der Waals surface area (Å²) in [4.78, 5) is 59.5. The highest BCUT2D eigenvalue weighted by atomic mass is 17.2. The molecule has 4 heterocycles. The van der Waals surface area contributed by atoms with Gasteiger partial charge in [-0.15, -0.1) is 0 Å². The molecular weight excluding hydrogens is 568 g/mol. The summed E-state index contributed by atoms with van der Waals surface area (Å²) in [7, 11) is 1.67. The summed E-state index contributed by atoms with van der Waals surface area (Å²) >= 11 is 0. The first-order chi connectivity index (χ1) is 21.3. The largest absolute Gasteiger partial charge is 0.504 e. The van der Waals surface area contributed by atoms with E-state index in [1.807, 2.05) is 25.0 Å². The molecule has 11 nitrogen and oxygen atoms in total. The lowest BCUT2D eigenvalue weighted by atomic mass is 9.80. The van der Waals surface area contributed by atoms with Crippen LogP contribution < -0.4 is 0 Å². The molecule has 0 spiro atoms. The number of methoxy groups -OCH3 is 1. The van der Waals surface area contributed by atoms with Crippen LogP contribution in [0.5, 0.6) is 0 Å². The summed E-state index contributed by atoms with van der Waals surface area (Å²) in [5, 5.41) is 0. The van der Waals surface area contributed by atoms with Crippen LogP contribution >= 0.6 is 0 Å². The Hall–Kier alpha value is -2.66. The molecule has 6 rings (SSSR count). The first-order valence-electron chi connectivity index (χ1n) is 16.7. The molecule has 0 aromatic heterocycles. The zero-order chi connectivity index (χ0) is 31.6. The number of amides is 2. The number of fused-ring (bicyclic) bond motifs is 6. The fourth-order valence-corrected chi connectivity index (χ4v) is 8.21. The first kappa shape index (κ1) is 34.2. The first-order valence-corrected chi connectivity index (χ1v) is 16.7. The topological polar surface area (TPSA) is 121 Å². The van der Waals surface area contributed by atoms with Crippen molar-refractivity contribution in [1.29, 1.82) is 0 Å². The van der Waals surface area contributed by atoms with Crippen molar-refractivity contribution < 1.29 is 43.2 Å². The second kappa shape index (κ2) is 16.6. The van der Waals surface area contributed by atoms with Gasteiger partial charge in [0.25, 0.3) is 0 Å².